The monoisotopic (exact) mass is 197 g/mol. The van der Waals surface area contributed by atoms with E-state index < -0.39 is 0 Å². The van der Waals surface area contributed by atoms with Gasteiger partial charge in [0.05, 0.1) is 0 Å². The molecule has 0 aliphatic carbocycles. The van der Waals surface area contributed by atoms with Gasteiger partial charge in [0, 0.05) is 6.61 Å². The van der Waals surface area contributed by atoms with E-state index >= 15 is 0 Å². The van der Waals surface area contributed by atoms with Gasteiger partial charge in [-0.25, -0.2) is 4.39 Å². The van der Waals surface area contributed by atoms with Crippen molar-refractivity contribution in [2.24, 2.45) is 5.73 Å². The first-order chi connectivity index (χ1) is 6.69. The third-order valence-electron chi connectivity index (χ3n) is 2.44. The minimum atomic E-state index is -0.248. The first-order valence-corrected chi connectivity index (χ1v) is 4.76. The summed E-state index contributed by atoms with van der Waals surface area (Å²) in [5, 5.41) is 8.84. The molecule has 0 fully saturated rings. The number of hydrogen-bond donors (Lipinski definition) is 2. The summed E-state index contributed by atoms with van der Waals surface area (Å²) in [5.74, 6) is -0.197. The van der Waals surface area contributed by atoms with Gasteiger partial charge in [-0.2, -0.15) is 0 Å². The van der Waals surface area contributed by atoms with Crippen molar-refractivity contribution in [1.82, 2.24) is 0 Å². The molecule has 0 saturated heterocycles. The van der Waals surface area contributed by atoms with Gasteiger partial charge in [0.2, 0.25) is 0 Å². The van der Waals surface area contributed by atoms with Crippen LogP contribution in [0.25, 0.3) is 0 Å². The molecule has 78 valence electrons. The molecule has 0 spiro atoms. The second-order valence-electron chi connectivity index (χ2n) is 3.45. The second kappa shape index (κ2) is 5.08. The standard InChI is InChI=1S/C11H16FNO/c1-8-2-3-10(12)6-11(8)9(7-13)4-5-14/h2-3,6,9,14H,4-5,7,13H2,1H3. The van der Waals surface area contributed by atoms with Crippen LogP contribution in [0, 0.1) is 12.7 Å². The highest BCUT2D eigenvalue weighted by Gasteiger charge is 2.12. The van der Waals surface area contributed by atoms with Crippen LogP contribution in [-0.4, -0.2) is 18.3 Å². The molecule has 3 heteroatoms. The lowest BCUT2D eigenvalue weighted by atomic mass is 9.92. The molecule has 0 amide bonds. The molecule has 14 heavy (non-hydrogen) atoms. The Balaban J connectivity index is 2.96. The fourth-order valence-electron chi connectivity index (χ4n) is 1.61. The first-order valence-electron chi connectivity index (χ1n) is 4.76. The van der Waals surface area contributed by atoms with Crippen LogP contribution in [0.2, 0.25) is 0 Å². The summed E-state index contributed by atoms with van der Waals surface area (Å²) in [6, 6.07) is 4.68. The Kier molecular flexibility index (Phi) is 4.04. The molecule has 1 atom stereocenters. The minimum Gasteiger partial charge on any atom is -0.396 e. The maximum absolute atomic E-state index is 13.0. The zero-order chi connectivity index (χ0) is 10.6. The predicted octanol–water partition coefficient (Wildman–Crippen LogP) is 1.56. The third-order valence-corrected chi connectivity index (χ3v) is 2.44. The number of halogens is 1. The zero-order valence-electron chi connectivity index (χ0n) is 8.33. The molecule has 1 rings (SSSR count). The van der Waals surface area contributed by atoms with Gasteiger partial charge in [-0.05, 0) is 49.1 Å². The van der Waals surface area contributed by atoms with Crippen molar-refractivity contribution in [2.75, 3.05) is 13.2 Å². The summed E-state index contributed by atoms with van der Waals surface area (Å²) in [5.41, 5.74) is 7.50. The van der Waals surface area contributed by atoms with Gasteiger partial charge in [-0.3, -0.25) is 0 Å². The Morgan fingerprint density at radius 3 is 2.79 bits per heavy atom. The van der Waals surface area contributed by atoms with Gasteiger partial charge in [0.25, 0.3) is 0 Å². The highest BCUT2D eigenvalue weighted by atomic mass is 19.1. The SMILES string of the molecule is Cc1ccc(F)cc1C(CN)CCO. The van der Waals surface area contributed by atoms with Gasteiger partial charge in [-0.1, -0.05) is 6.07 Å². The van der Waals surface area contributed by atoms with Gasteiger partial charge in [0.15, 0.2) is 0 Å². The van der Waals surface area contributed by atoms with E-state index in [1.54, 1.807) is 6.07 Å². The summed E-state index contributed by atoms with van der Waals surface area (Å²) >= 11 is 0. The van der Waals surface area contributed by atoms with Crippen molar-refractivity contribution in [1.29, 1.82) is 0 Å². The Morgan fingerprint density at radius 2 is 2.21 bits per heavy atom. The minimum absolute atomic E-state index is 0.0516. The third kappa shape index (κ3) is 2.53. The van der Waals surface area contributed by atoms with Crippen LogP contribution >= 0.6 is 0 Å². The molecule has 0 saturated carbocycles. The molecule has 1 aromatic rings. The number of hydrogen-bond acceptors (Lipinski definition) is 2. The zero-order valence-corrected chi connectivity index (χ0v) is 8.33. The molecule has 2 nitrogen and oxygen atoms in total. The van der Waals surface area contributed by atoms with Gasteiger partial charge < -0.3 is 10.8 Å². The summed E-state index contributed by atoms with van der Waals surface area (Å²) in [6.45, 7) is 2.44. The van der Waals surface area contributed by atoms with Crippen LogP contribution in [0.3, 0.4) is 0 Å². The van der Waals surface area contributed by atoms with E-state index in [9.17, 15) is 4.39 Å². The van der Waals surface area contributed by atoms with Crippen LogP contribution < -0.4 is 5.73 Å². The van der Waals surface area contributed by atoms with Crippen molar-refractivity contribution >= 4 is 0 Å². The van der Waals surface area contributed by atoms with Gasteiger partial charge in [0.1, 0.15) is 5.82 Å². The number of aliphatic hydroxyl groups is 1. The Hall–Kier alpha value is -0.930. The topological polar surface area (TPSA) is 46.2 Å². The number of aliphatic hydroxyl groups excluding tert-OH is 1. The van der Waals surface area contributed by atoms with E-state index in [0.717, 1.165) is 11.1 Å². The van der Waals surface area contributed by atoms with E-state index in [-0.39, 0.29) is 18.3 Å². The first kappa shape index (κ1) is 11.1. The molecule has 0 aliphatic heterocycles. The molecule has 0 aliphatic rings. The van der Waals surface area contributed by atoms with E-state index in [0.29, 0.717) is 13.0 Å². The second-order valence-corrected chi connectivity index (χ2v) is 3.45. The Bertz CT molecular complexity index is 301. The van der Waals surface area contributed by atoms with Crippen molar-refractivity contribution in [3.05, 3.63) is 35.1 Å². The van der Waals surface area contributed by atoms with E-state index in [1.165, 1.54) is 12.1 Å². The maximum atomic E-state index is 13.0. The highest BCUT2D eigenvalue weighted by Crippen LogP contribution is 2.22. The van der Waals surface area contributed by atoms with E-state index in [1.807, 2.05) is 6.92 Å². The van der Waals surface area contributed by atoms with Crippen LogP contribution in [0.1, 0.15) is 23.5 Å². The molecule has 0 heterocycles. The normalized spacial score (nSPS) is 12.9. The summed E-state index contributed by atoms with van der Waals surface area (Å²) in [7, 11) is 0. The van der Waals surface area contributed by atoms with Crippen molar-refractivity contribution in [2.45, 2.75) is 19.3 Å². The molecule has 0 radical (unpaired) electrons. The fraction of sp³-hybridized carbons (Fsp3) is 0.455. The molecular formula is C11H16FNO. The summed E-state index contributed by atoms with van der Waals surface area (Å²) in [6.07, 6.45) is 0.584. The lowest BCUT2D eigenvalue weighted by molar-refractivity contribution is 0.276. The lowest BCUT2D eigenvalue weighted by Gasteiger charge is -2.16. The van der Waals surface area contributed by atoms with Crippen molar-refractivity contribution < 1.29 is 9.50 Å². The van der Waals surface area contributed by atoms with Crippen molar-refractivity contribution in [3.8, 4) is 0 Å². The quantitative estimate of drug-likeness (QED) is 0.769. The lowest BCUT2D eigenvalue weighted by Crippen LogP contribution is -2.15. The Morgan fingerprint density at radius 1 is 1.50 bits per heavy atom. The van der Waals surface area contributed by atoms with Gasteiger partial charge >= 0.3 is 0 Å². The number of rotatable bonds is 4. The molecule has 0 aromatic heterocycles. The smallest absolute Gasteiger partial charge is 0.123 e. The Labute approximate surface area is 83.6 Å². The fourth-order valence-corrected chi connectivity index (χ4v) is 1.61. The van der Waals surface area contributed by atoms with Crippen LogP contribution in [0.15, 0.2) is 18.2 Å². The number of benzene rings is 1. The summed E-state index contributed by atoms with van der Waals surface area (Å²) < 4.78 is 13.0. The molecule has 0 bridgehead atoms. The van der Waals surface area contributed by atoms with E-state index in [2.05, 4.69) is 0 Å². The number of nitrogens with two attached hydrogens (primary N) is 1. The van der Waals surface area contributed by atoms with Crippen molar-refractivity contribution in [3.63, 3.8) is 0 Å². The molecule has 1 unspecified atom stereocenters. The van der Waals surface area contributed by atoms with Gasteiger partial charge in [-0.15, -0.1) is 0 Å². The molecule has 3 N–H and O–H groups in total. The number of aryl methyl sites for hydroxylation is 1. The van der Waals surface area contributed by atoms with Crippen LogP contribution in [0.5, 0.6) is 0 Å². The average Bonchev–Trinajstić information content (AvgIpc) is 2.18. The predicted molar refractivity (Wildman–Crippen MR) is 54.6 cm³/mol. The molecular weight excluding hydrogens is 181 g/mol. The molecule has 1 aromatic carbocycles. The summed E-state index contributed by atoms with van der Waals surface area (Å²) in [4.78, 5) is 0. The highest BCUT2D eigenvalue weighted by molar-refractivity contribution is 5.30. The van der Waals surface area contributed by atoms with Crippen LogP contribution in [0.4, 0.5) is 4.39 Å². The maximum Gasteiger partial charge on any atom is 0.123 e. The van der Waals surface area contributed by atoms with E-state index in [4.69, 9.17) is 10.8 Å². The van der Waals surface area contributed by atoms with Crippen LogP contribution in [-0.2, 0) is 0 Å². The largest absolute Gasteiger partial charge is 0.396 e. The average molecular weight is 197 g/mol.